The fraction of sp³-hybridized carbons (Fsp3) is 0.385. The van der Waals surface area contributed by atoms with Crippen LogP contribution < -0.4 is 20.3 Å². The number of H-pyrrole nitrogens is 1. The van der Waals surface area contributed by atoms with Crippen LogP contribution in [-0.4, -0.2) is 74.4 Å². The summed E-state index contributed by atoms with van der Waals surface area (Å²) >= 11 is 0. The monoisotopic (exact) mass is 480 g/mol. The normalized spacial score (nSPS) is 14.0. The summed E-state index contributed by atoms with van der Waals surface area (Å²) in [5.74, 6) is 1.11. The molecule has 1 aliphatic rings. The first kappa shape index (κ1) is 24.6. The van der Waals surface area contributed by atoms with Crippen molar-refractivity contribution in [2.45, 2.75) is 13.1 Å². The summed E-state index contributed by atoms with van der Waals surface area (Å²) in [7, 11) is 3.12. The van der Waals surface area contributed by atoms with Gasteiger partial charge in [-0.25, -0.2) is 4.79 Å². The lowest BCUT2D eigenvalue weighted by Gasteiger charge is -2.30. The third-order valence-electron chi connectivity index (χ3n) is 6.15. The van der Waals surface area contributed by atoms with E-state index >= 15 is 0 Å². The first-order valence-electron chi connectivity index (χ1n) is 11.7. The molecule has 35 heavy (non-hydrogen) atoms. The molecule has 2 amide bonds. The second-order valence-electron chi connectivity index (χ2n) is 8.44. The zero-order valence-electron chi connectivity index (χ0n) is 20.2. The van der Waals surface area contributed by atoms with E-state index in [4.69, 9.17) is 14.2 Å². The predicted octanol–water partition coefficient (Wildman–Crippen LogP) is 2.59. The number of pyridine rings is 1. The van der Waals surface area contributed by atoms with Crippen LogP contribution in [0.4, 0.5) is 4.79 Å². The molecule has 0 spiro atoms. The number of rotatable bonds is 9. The summed E-state index contributed by atoms with van der Waals surface area (Å²) in [6, 6.07) is 14.9. The van der Waals surface area contributed by atoms with Crippen molar-refractivity contribution in [1.29, 1.82) is 0 Å². The fourth-order valence-electron chi connectivity index (χ4n) is 4.13. The fourth-order valence-corrected chi connectivity index (χ4v) is 4.13. The highest BCUT2D eigenvalue weighted by Gasteiger charge is 2.19. The third kappa shape index (κ3) is 6.32. The van der Waals surface area contributed by atoms with E-state index in [2.05, 4.69) is 15.2 Å². The number of nitrogens with one attached hydrogen (secondary N) is 2. The van der Waals surface area contributed by atoms with E-state index < -0.39 is 0 Å². The van der Waals surface area contributed by atoms with Gasteiger partial charge in [0.1, 0.15) is 0 Å². The Labute approximate surface area is 204 Å². The summed E-state index contributed by atoms with van der Waals surface area (Å²) in [5, 5.41) is 3.79. The molecule has 9 nitrogen and oxygen atoms in total. The van der Waals surface area contributed by atoms with Crippen molar-refractivity contribution in [3.05, 3.63) is 70.0 Å². The Balaban J connectivity index is 1.54. The highest BCUT2D eigenvalue weighted by molar-refractivity contribution is 5.83. The lowest BCUT2D eigenvalue weighted by Crippen LogP contribution is -2.46. The zero-order valence-corrected chi connectivity index (χ0v) is 20.2. The average molecular weight is 481 g/mol. The maximum atomic E-state index is 13.2. The minimum Gasteiger partial charge on any atom is -0.493 e. The molecule has 4 rings (SSSR count). The van der Waals surface area contributed by atoms with Crippen molar-refractivity contribution in [2.75, 3.05) is 53.6 Å². The Morgan fingerprint density at radius 1 is 1.09 bits per heavy atom. The van der Waals surface area contributed by atoms with Crippen LogP contribution in [-0.2, 0) is 17.8 Å². The van der Waals surface area contributed by atoms with E-state index in [1.54, 1.807) is 25.2 Å². The maximum Gasteiger partial charge on any atom is 0.318 e. The van der Waals surface area contributed by atoms with Crippen LogP contribution in [0.15, 0.2) is 53.3 Å². The molecule has 0 radical (unpaired) electrons. The van der Waals surface area contributed by atoms with Crippen molar-refractivity contribution in [1.82, 2.24) is 20.1 Å². The Morgan fingerprint density at radius 2 is 1.80 bits per heavy atom. The average Bonchev–Trinajstić information content (AvgIpc) is 2.90. The molecule has 3 aromatic rings. The van der Waals surface area contributed by atoms with Crippen molar-refractivity contribution in [3.8, 4) is 11.5 Å². The molecule has 0 saturated carbocycles. The summed E-state index contributed by atoms with van der Waals surface area (Å²) in [4.78, 5) is 33.0. The van der Waals surface area contributed by atoms with E-state index in [-0.39, 0.29) is 18.1 Å². The first-order valence-corrected chi connectivity index (χ1v) is 11.7. The molecular formula is C26H32N4O5. The van der Waals surface area contributed by atoms with Gasteiger partial charge in [-0.05, 0) is 17.7 Å². The van der Waals surface area contributed by atoms with Crippen LogP contribution in [0.2, 0.25) is 0 Å². The summed E-state index contributed by atoms with van der Waals surface area (Å²) in [6.07, 6.45) is 0. The highest BCUT2D eigenvalue weighted by atomic mass is 16.5. The number of carbonyl (C=O) groups excluding carboxylic acids is 1. The minimum atomic E-state index is -0.239. The second-order valence-corrected chi connectivity index (χ2v) is 8.44. The Kier molecular flexibility index (Phi) is 8.23. The Bertz CT molecular complexity index is 1190. The van der Waals surface area contributed by atoms with Gasteiger partial charge in [0.25, 0.3) is 5.56 Å². The number of nitrogens with zero attached hydrogens (tertiary/aromatic N) is 2. The molecule has 2 N–H and O–H groups in total. The van der Waals surface area contributed by atoms with Gasteiger partial charge >= 0.3 is 6.03 Å². The van der Waals surface area contributed by atoms with Crippen molar-refractivity contribution in [3.63, 3.8) is 0 Å². The van der Waals surface area contributed by atoms with Crippen molar-refractivity contribution in [2.24, 2.45) is 0 Å². The van der Waals surface area contributed by atoms with Gasteiger partial charge in [0.05, 0.1) is 39.5 Å². The van der Waals surface area contributed by atoms with Gasteiger partial charge in [0, 0.05) is 49.7 Å². The SMILES string of the molecule is COc1cc2cc(CN(CCN3CCOCC3)C(=O)NCc3ccccc3)c(=O)[nH]c2cc1OC. The molecular weight excluding hydrogens is 448 g/mol. The number of hydrogen-bond donors (Lipinski definition) is 2. The van der Waals surface area contributed by atoms with Crippen molar-refractivity contribution < 1.29 is 19.0 Å². The molecule has 2 heterocycles. The molecule has 0 bridgehead atoms. The van der Waals surface area contributed by atoms with Gasteiger partial charge in [-0.15, -0.1) is 0 Å². The van der Waals surface area contributed by atoms with Crippen LogP contribution in [0.25, 0.3) is 10.9 Å². The number of hydrogen-bond acceptors (Lipinski definition) is 6. The number of amides is 2. The largest absolute Gasteiger partial charge is 0.493 e. The van der Waals surface area contributed by atoms with Gasteiger partial charge < -0.3 is 29.4 Å². The van der Waals surface area contributed by atoms with E-state index in [0.29, 0.717) is 55.4 Å². The van der Waals surface area contributed by atoms with E-state index in [1.165, 1.54) is 0 Å². The molecule has 186 valence electrons. The molecule has 1 aliphatic heterocycles. The molecule has 9 heteroatoms. The number of carbonyl (C=O) groups is 1. The number of urea groups is 1. The standard InChI is InChI=1S/C26H32N4O5/c1-33-23-15-20-14-21(25(31)28-22(20)16-24(23)34-2)18-30(9-8-29-10-12-35-13-11-29)26(32)27-17-19-6-4-3-5-7-19/h3-7,14-16H,8-13,17-18H2,1-2H3,(H,27,32)(H,28,31). The number of fused-ring (bicyclic) bond motifs is 1. The minimum absolute atomic E-state index is 0.185. The van der Waals surface area contributed by atoms with Gasteiger partial charge in [0.15, 0.2) is 11.5 Å². The smallest absolute Gasteiger partial charge is 0.318 e. The van der Waals surface area contributed by atoms with Crippen LogP contribution >= 0.6 is 0 Å². The molecule has 1 fully saturated rings. The number of methoxy groups -OCH3 is 2. The molecule has 0 aliphatic carbocycles. The summed E-state index contributed by atoms with van der Waals surface area (Å²) in [6.45, 7) is 4.84. The lowest BCUT2D eigenvalue weighted by atomic mass is 10.1. The van der Waals surface area contributed by atoms with E-state index in [1.807, 2.05) is 42.5 Å². The van der Waals surface area contributed by atoms with Gasteiger partial charge in [-0.2, -0.15) is 0 Å². The second kappa shape index (κ2) is 11.7. The topological polar surface area (TPSA) is 96.1 Å². The lowest BCUT2D eigenvalue weighted by molar-refractivity contribution is 0.0346. The number of aromatic amines is 1. The number of morpholine rings is 1. The Morgan fingerprint density at radius 3 is 2.51 bits per heavy atom. The molecule has 1 aromatic heterocycles. The van der Waals surface area contributed by atoms with Crippen LogP contribution in [0.3, 0.4) is 0 Å². The van der Waals surface area contributed by atoms with E-state index in [0.717, 1.165) is 24.0 Å². The van der Waals surface area contributed by atoms with Gasteiger partial charge in [-0.3, -0.25) is 9.69 Å². The van der Waals surface area contributed by atoms with Crippen LogP contribution in [0.1, 0.15) is 11.1 Å². The van der Waals surface area contributed by atoms with Gasteiger partial charge in [0.2, 0.25) is 0 Å². The summed E-state index contributed by atoms with van der Waals surface area (Å²) < 4.78 is 16.2. The first-order chi connectivity index (χ1) is 17.1. The zero-order chi connectivity index (χ0) is 24.6. The number of benzene rings is 2. The number of ether oxygens (including phenoxy) is 3. The molecule has 1 saturated heterocycles. The molecule has 2 aromatic carbocycles. The van der Waals surface area contributed by atoms with Crippen LogP contribution in [0, 0.1) is 0 Å². The van der Waals surface area contributed by atoms with Crippen LogP contribution in [0.5, 0.6) is 11.5 Å². The third-order valence-corrected chi connectivity index (χ3v) is 6.15. The quantitative estimate of drug-likeness (QED) is 0.489. The van der Waals surface area contributed by atoms with Gasteiger partial charge in [-0.1, -0.05) is 30.3 Å². The number of aromatic nitrogens is 1. The van der Waals surface area contributed by atoms with E-state index in [9.17, 15) is 9.59 Å². The maximum absolute atomic E-state index is 13.2. The Hall–Kier alpha value is -3.56. The highest BCUT2D eigenvalue weighted by Crippen LogP contribution is 2.31. The molecule has 0 atom stereocenters. The van der Waals surface area contributed by atoms with Crippen molar-refractivity contribution >= 4 is 16.9 Å². The molecule has 0 unspecified atom stereocenters. The predicted molar refractivity (Wildman–Crippen MR) is 134 cm³/mol. The summed E-state index contributed by atoms with van der Waals surface area (Å²) in [5.41, 5.74) is 1.92.